The lowest BCUT2D eigenvalue weighted by molar-refractivity contribution is -0.128. The summed E-state index contributed by atoms with van der Waals surface area (Å²) in [5, 5.41) is 6.29. The molecule has 110 valence electrons. The van der Waals surface area contributed by atoms with E-state index in [4.69, 9.17) is 4.74 Å². The average Bonchev–Trinajstić information content (AvgIpc) is 2.44. The number of hydrogen-bond donors (Lipinski definition) is 2. The van der Waals surface area contributed by atoms with Gasteiger partial charge in [0.25, 0.3) is 0 Å². The number of fused-ring (bicyclic) bond motifs is 1. The van der Waals surface area contributed by atoms with Crippen LogP contribution in [0.4, 0.5) is 5.69 Å². The van der Waals surface area contributed by atoms with E-state index in [1.54, 1.807) is 0 Å². The zero-order chi connectivity index (χ0) is 14.5. The lowest BCUT2D eigenvalue weighted by atomic mass is 10.0. The molecule has 0 bridgehead atoms. The summed E-state index contributed by atoms with van der Waals surface area (Å²) in [7, 11) is 0. The zero-order valence-electron chi connectivity index (χ0n) is 12.5. The standard InChI is InChI=1S/C16H24N2O2/c1-11(2)12(3)18-16(19)10-20-14-8-13-6-4-5-7-15(13)17-9-14/h4-7,11-12,14,17H,8-10H2,1-3H3,(H,18,19). The van der Waals surface area contributed by atoms with Gasteiger partial charge in [0.05, 0.1) is 6.10 Å². The van der Waals surface area contributed by atoms with E-state index in [1.807, 2.05) is 19.1 Å². The molecule has 1 aliphatic heterocycles. The molecule has 1 aromatic carbocycles. The van der Waals surface area contributed by atoms with Gasteiger partial charge in [-0.3, -0.25) is 4.79 Å². The molecule has 0 radical (unpaired) electrons. The van der Waals surface area contributed by atoms with Crippen LogP contribution in [0.1, 0.15) is 26.3 Å². The molecular weight excluding hydrogens is 252 g/mol. The number of carbonyl (C=O) groups excluding carboxylic acids is 1. The van der Waals surface area contributed by atoms with Gasteiger partial charge in [-0.1, -0.05) is 32.0 Å². The summed E-state index contributed by atoms with van der Waals surface area (Å²) in [6.45, 7) is 7.08. The van der Waals surface area contributed by atoms with Gasteiger partial charge in [-0.25, -0.2) is 0 Å². The van der Waals surface area contributed by atoms with Crippen molar-refractivity contribution in [3.8, 4) is 0 Å². The van der Waals surface area contributed by atoms with Crippen LogP contribution in [-0.4, -0.2) is 31.2 Å². The molecular formula is C16H24N2O2. The van der Waals surface area contributed by atoms with E-state index in [2.05, 4.69) is 36.6 Å². The Kier molecular flexibility index (Phi) is 5.01. The van der Waals surface area contributed by atoms with Gasteiger partial charge < -0.3 is 15.4 Å². The van der Waals surface area contributed by atoms with Crippen LogP contribution in [-0.2, 0) is 16.0 Å². The van der Waals surface area contributed by atoms with E-state index in [9.17, 15) is 4.79 Å². The fraction of sp³-hybridized carbons (Fsp3) is 0.562. The molecule has 2 atom stereocenters. The molecule has 1 aromatic rings. The molecule has 2 rings (SSSR count). The molecule has 1 amide bonds. The topological polar surface area (TPSA) is 50.4 Å². The minimum absolute atomic E-state index is 0.0370. The molecule has 0 aromatic heterocycles. The number of rotatable bonds is 5. The van der Waals surface area contributed by atoms with Gasteiger partial charge in [-0.05, 0) is 24.5 Å². The third kappa shape index (κ3) is 3.97. The minimum Gasteiger partial charge on any atom is -0.382 e. The summed E-state index contributed by atoms with van der Waals surface area (Å²) in [6, 6.07) is 8.39. The van der Waals surface area contributed by atoms with Gasteiger partial charge in [0.2, 0.25) is 5.91 Å². The first kappa shape index (κ1) is 14.9. The molecule has 4 nitrogen and oxygen atoms in total. The highest BCUT2D eigenvalue weighted by atomic mass is 16.5. The van der Waals surface area contributed by atoms with Crippen molar-refractivity contribution in [2.45, 2.75) is 39.3 Å². The summed E-state index contributed by atoms with van der Waals surface area (Å²) in [5.41, 5.74) is 2.42. The predicted molar refractivity (Wildman–Crippen MR) is 80.8 cm³/mol. The van der Waals surface area contributed by atoms with Crippen LogP contribution in [0.25, 0.3) is 0 Å². The Hall–Kier alpha value is -1.55. The van der Waals surface area contributed by atoms with Crippen LogP contribution in [0.2, 0.25) is 0 Å². The van der Waals surface area contributed by atoms with Crippen LogP contribution in [0.15, 0.2) is 24.3 Å². The minimum atomic E-state index is -0.0370. The van der Waals surface area contributed by atoms with Gasteiger partial charge in [0, 0.05) is 24.7 Å². The molecule has 1 aliphatic rings. The third-order valence-corrected chi connectivity index (χ3v) is 3.82. The number of benzene rings is 1. The molecule has 0 saturated heterocycles. The van der Waals surface area contributed by atoms with Crippen LogP contribution in [0.3, 0.4) is 0 Å². The van der Waals surface area contributed by atoms with Gasteiger partial charge in [0.15, 0.2) is 0 Å². The van der Waals surface area contributed by atoms with E-state index >= 15 is 0 Å². The van der Waals surface area contributed by atoms with Crippen LogP contribution < -0.4 is 10.6 Å². The Balaban J connectivity index is 1.77. The molecule has 0 aliphatic carbocycles. The third-order valence-electron chi connectivity index (χ3n) is 3.82. The first-order chi connectivity index (χ1) is 9.56. The maximum absolute atomic E-state index is 11.8. The number of nitrogens with one attached hydrogen (secondary N) is 2. The van der Waals surface area contributed by atoms with Crippen LogP contribution in [0.5, 0.6) is 0 Å². The first-order valence-corrected chi connectivity index (χ1v) is 7.29. The fourth-order valence-corrected chi connectivity index (χ4v) is 2.19. The molecule has 0 spiro atoms. The van der Waals surface area contributed by atoms with Crippen molar-refractivity contribution in [3.63, 3.8) is 0 Å². The van der Waals surface area contributed by atoms with Gasteiger partial charge in [-0.2, -0.15) is 0 Å². The summed E-state index contributed by atoms with van der Waals surface area (Å²) in [5.74, 6) is 0.396. The average molecular weight is 276 g/mol. The van der Waals surface area contributed by atoms with Crippen molar-refractivity contribution in [3.05, 3.63) is 29.8 Å². The van der Waals surface area contributed by atoms with Crippen LogP contribution >= 0.6 is 0 Å². The van der Waals surface area contributed by atoms with Crippen molar-refractivity contribution in [1.29, 1.82) is 0 Å². The normalized spacial score (nSPS) is 19.1. The molecule has 2 N–H and O–H groups in total. The maximum Gasteiger partial charge on any atom is 0.246 e. The summed E-state index contributed by atoms with van der Waals surface area (Å²) >= 11 is 0. The largest absolute Gasteiger partial charge is 0.382 e. The highest BCUT2D eigenvalue weighted by molar-refractivity contribution is 5.77. The number of ether oxygens (including phenoxy) is 1. The van der Waals surface area contributed by atoms with E-state index in [-0.39, 0.29) is 24.7 Å². The second-order valence-electron chi connectivity index (χ2n) is 5.78. The molecule has 2 unspecified atom stereocenters. The number of para-hydroxylation sites is 1. The number of anilines is 1. The molecule has 20 heavy (non-hydrogen) atoms. The molecule has 4 heteroatoms. The lowest BCUT2D eigenvalue weighted by Gasteiger charge is -2.26. The van der Waals surface area contributed by atoms with Crippen molar-refractivity contribution in [2.75, 3.05) is 18.5 Å². The highest BCUT2D eigenvalue weighted by Gasteiger charge is 2.19. The second-order valence-corrected chi connectivity index (χ2v) is 5.78. The lowest BCUT2D eigenvalue weighted by Crippen LogP contribution is -2.40. The van der Waals surface area contributed by atoms with E-state index < -0.39 is 0 Å². The van der Waals surface area contributed by atoms with E-state index in [0.717, 1.165) is 13.0 Å². The molecule has 0 fully saturated rings. The zero-order valence-corrected chi connectivity index (χ0v) is 12.5. The molecule has 1 heterocycles. The number of carbonyl (C=O) groups is 1. The summed E-state index contributed by atoms with van der Waals surface area (Å²) < 4.78 is 5.71. The van der Waals surface area contributed by atoms with Crippen molar-refractivity contribution in [2.24, 2.45) is 5.92 Å². The molecule has 0 saturated carbocycles. The Morgan fingerprint density at radius 3 is 2.90 bits per heavy atom. The Labute approximate surface area is 120 Å². The second kappa shape index (κ2) is 6.75. The first-order valence-electron chi connectivity index (χ1n) is 7.29. The summed E-state index contributed by atoms with van der Waals surface area (Å²) in [6.07, 6.45) is 0.918. The SMILES string of the molecule is CC(C)C(C)NC(=O)COC1CNc2ccccc2C1. The van der Waals surface area contributed by atoms with Crippen molar-refractivity contribution in [1.82, 2.24) is 5.32 Å². The van der Waals surface area contributed by atoms with Gasteiger partial charge in [0.1, 0.15) is 6.61 Å². The van der Waals surface area contributed by atoms with Gasteiger partial charge >= 0.3 is 0 Å². The Morgan fingerprint density at radius 1 is 1.40 bits per heavy atom. The number of hydrogen-bond acceptors (Lipinski definition) is 3. The van der Waals surface area contributed by atoms with Crippen molar-refractivity contribution >= 4 is 11.6 Å². The van der Waals surface area contributed by atoms with E-state index in [1.165, 1.54) is 11.3 Å². The van der Waals surface area contributed by atoms with E-state index in [0.29, 0.717) is 5.92 Å². The van der Waals surface area contributed by atoms with Crippen molar-refractivity contribution < 1.29 is 9.53 Å². The quantitative estimate of drug-likeness (QED) is 0.867. The summed E-state index contributed by atoms with van der Waals surface area (Å²) in [4.78, 5) is 11.8. The predicted octanol–water partition coefficient (Wildman–Crippen LogP) is 2.20. The Bertz CT molecular complexity index is 460. The number of amides is 1. The maximum atomic E-state index is 11.8. The van der Waals surface area contributed by atoms with Gasteiger partial charge in [-0.15, -0.1) is 0 Å². The van der Waals surface area contributed by atoms with Crippen LogP contribution in [0, 0.1) is 5.92 Å². The Morgan fingerprint density at radius 2 is 2.15 bits per heavy atom. The monoisotopic (exact) mass is 276 g/mol. The smallest absolute Gasteiger partial charge is 0.246 e. The highest BCUT2D eigenvalue weighted by Crippen LogP contribution is 2.22. The fourth-order valence-electron chi connectivity index (χ4n) is 2.19.